The van der Waals surface area contributed by atoms with Gasteiger partial charge in [-0.15, -0.1) is 17.6 Å². The van der Waals surface area contributed by atoms with Crippen LogP contribution in [0, 0.1) is 13.8 Å². The second-order valence-corrected chi connectivity index (χ2v) is 23.0. The van der Waals surface area contributed by atoms with Crippen LogP contribution in [0.25, 0.3) is 11.3 Å². The van der Waals surface area contributed by atoms with Gasteiger partial charge in [0.25, 0.3) is 11.2 Å². The Bertz CT molecular complexity index is 3700. The lowest BCUT2D eigenvalue weighted by molar-refractivity contribution is -0.376. The van der Waals surface area contributed by atoms with Crippen LogP contribution in [-0.2, 0) is 40.9 Å². The van der Waals surface area contributed by atoms with Crippen LogP contribution < -0.4 is 35.0 Å². The van der Waals surface area contributed by atoms with Crippen molar-refractivity contribution in [2.24, 2.45) is 0 Å². The van der Waals surface area contributed by atoms with E-state index < -0.39 is 94.7 Å². The summed E-state index contributed by atoms with van der Waals surface area (Å²) in [5.74, 6) is -0.889. The Hall–Kier alpha value is -7.61. The molecule has 32 heteroatoms. The molecule has 2 saturated carbocycles. The quantitative estimate of drug-likeness (QED) is 0.0580. The molecule has 6 aromatic rings. The van der Waals surface area contributed by atoms with Gasteiger partial charge in [-0.3, -0.25) is 9.59 Å². The molecule has 482 valence electrons. The lowest BCUT2D eigenvalue weighted by Gasteiger charge is -2.32. The van der Waals surface area contributed by atoms with Crippen molar-refractivity contribution in [2.45, 2.75) is 138 Å². The summed E-state index contributed by atoms with van der Waals surface area (Å²) in [4.78, 5) is 34.3. The average Bonchev–Trinajstić information content (AvgIpc) is 1.83. The molecule has 4 N–H and O–H groups in total. The van der Waals surface area contributed by atoms with Gasteiger partial charge in [-0.05, 0) is 131 Å². The van der Waals surface area contributed by atoms with Crippen LogP contribution in [0.15, 0.2) is 109 Å². The molecule has 0 spiro atoms. The number of fused-ring (bicyclic) bond motifs is 2. The maximum Gasteiger partial charge on any atom is 0.586 e. The number of pyridine rings is 2. The first kappa shape index (κ1) is 66.8. The number of anilines is 2. The van der Waals surface area contributed by atoms with Crippen LogP contribution in [0.1, 0.15) is 86.8 Å². The van der Waals surface area contributed by atoms with E-state index in [1.54, 1.807) is 52.8 Å². The van der Waals surface area contributed by atoms with Gasteiger partial charge in [0.15, 0.2) is 23.0 Å². The maximum atomic E-state index is 13.4. The predicted molar refractivity (Wildman–Crippen MR) is 287 cm³/mol. The number of halogens is 17. The summed E-state index contributed by atoms with van der Waals surface area (Å²) >= 11 is 5.97. The Morgan fingerprint density at radius 2 is 0.856 bits per heavy atom. The number of amides is 2. The van der Waals surface area contributed by atoms with Crippen LogP contribution in [0.2, 0.25) is 5.15 Å². The first-order chi connectivity index (χ1) is 41.3. The number of rotatable bonds is 10. The number of aryl methyl sites for hydroxylation is 2. The van der Waals surface area contributed by atoms with Gasteiger partial charge in [0.2, 0.25) is 11.8 Å². The van der Waals surface area contributed by atoms with Crippen LogP contribution in [-0.4, -0.2) is 87.6 Å². The molecule has 1 saturated heterocycles. The fraction of sp³-hybridized carbons (Fsp3) is 0.379. The number of aromatic nitrogens is 2. The molecule has 14 nitrogen and oxygen atoms in total. The molecule has 0 unspecified atom stereocenters. The number of hydrogen-bond donors (Lipinski definition) is 4. The number of carbonyl (C=O) groups is 2. The van der Waals surface area contributed by atoms with E-state index in [9.17, 15) is 90.0 Å². The third-order valence-electron chi connectivity index (χ3n) is 16.0. The van der Waals surface area contributed by atoms with E-state index in [1.807, 2.05) is 6.92 Å². The number of ether oxygens (including phenoxy) is 4. The highest BCUT2D eigenvalue weighted by Gasteiger charge is 2.72. The zero-order valence-electron chi connectivity index (χ0n) is 47.3. The van der Waals surface area contributed by atoms with Gasteiger partial charge in [-0.1, -0.05) is 84.4 Å². The molecule has 3 aliphatic heterocycles. The maximum absolute atomic E-state index is 13.4. The molecule has 0 atom stereocenters. The van der Waals surface area contributed by atoms with E-state index in [4.69, 9.17) is 20.9 Å². The molecule has 0 bridgehead atoms. The first-order valence-corrected chi connectivity index (χ1v) is 27.0. The Morgan fingerprint density at radius 1 is 0.500 bits per heavy atom. The molecular formula is C58H48BClF16N4O10. The normalized spacial score (nSPS) is 18.7. The summed E-state index contributed by atoms with van der Waals surface area (Å²) < 4.78 is 239. The molecule has 2 amide bonds. The molecule has 90 heavy (non-hydrogen) atoms. The van der Waals surface area contributed by atoms with Crippen molar-refractivity contribution in [3.8, 4) is 34.3 Å². The van der Waals surface area contributed by atoms with Crippen LogP contribution >= 0.6 is 11.6 Å². The molecule has 5 heterocycles. The van der Waals surface area contributed by atoms with Gasteiger partial charge >= 0.3 is 44.4 Å². The number of carbonyl (C=O) groups excluding carboxylic acids is 2. The third-order valence-corrected chi connectivity index (χ3v) is 16.3. The van der Waals surface area contributed by atoms with Gasteiger partial charge < -0.3 is 49.1 Å². The summed E-state index contributed by atoms with van der Waals surface area (Å²) in [6.45, 7) is 10.4. The Balaban J connectivity index is 0.000000168. The topological polar surface area (TPSA) is 180 Å². The number of hydrogen-bond acceptors (Lipinski definition) is 12. The van der Waals surface area contributed by atoms with Crippen LogP contribution in [0.4, 0.5) is 81.9 Å². The predicted octanol–water partition coefficient (Wildman–Crippen LogP) is 13.7. The van der Waals surface area contributed by atoms with Crippen molar-refractivity contribution in [3.63, 3.8) is 0 Å². The summed E-state index contributed by atoms with van der Waals surface area (Å²) in [7, 11) is -0.941. The van der Waals surface area contributed by atoms with E-state index >= 15 is 0 Å². The van der Waals surface area contributed by atoms with Crippen molar-refractivity contribution in [2.75, 3.05) is 10.6 Å². The largest absolute Gasteiger partial charge is 0.586 e. The molecule has 2 aromatic heterocycles. The Morgan fingerprint density at radius 3 is 1.22 bits per heavy atom. The lowest BCUT2D eigenvalue weighted by Crippen LogP contribution is -2.54. The summed E-state index contributed by atoms with van der Waals surface area (Å²) in [6.07, 6.45) is -29.4. The van der Waals surface area contributed by atoms with Crippen molar-refractivity contribution in [3.05, 3.63) is 148 Å². The highest BCUT2D eigenvalue weighted by molar-refractivity contribution is 6.62. The van der Waals surface area contributed by atoms with Gasteiger partial charge in [0, 0.05) is 16.7 Å². The fourth-order valence-corrected chi connectivity index (χ4v) is 9.83. The molecule has 0 radical (unpaired) electrons. The van der Waals surface area contributed by atoms with Gasteiger partial charge in [0.05, 0.1) is 27.7 Å². The molecule has 4 aromatic carbocycles. The lowest BCUT2D eigenvalue weighted by atomic mass is 9.77. The molecule has 11 rings (SSSR count). The fourth-order valence-electron chi connectivity index (χ4n) is 9.68. The molecule has 3 fully saturated rings. The van der Waals surface area contributed by atoms with Gasteiger partial charge in [0.1, 0.15) is 16.8 Å². The van der Waals surface area contributed by atoms with Crippen molar-refractivity contribution in [1.82, 2.24) is 9.97 Å². The molecule has 2 aliphatic carbocycles. The monoisotopic (exact) mass is 1310 g/mol. The minimum absolute atomic E-state index is 0.0373. The SMILES string of the molecule is CC1(C)OB(c2ccc(C(O)(C(F)(F)F)C(F)(F)F)cc2)OC1(C)C.Cc1ccc(NC(=O)C2(c3ccc4c(c3)OC(F)(F)O4)CC2)nc1-c1ccc(C(O)(C(F)(F)F)C(F)(F)F)cc1.Cc1ccc(NC(=O)C2(c3ccc4c(c3)OC(F)(F)O4)CC2)nc1Cl. The summed E-state index contributed by atoms with van der Waals surface area (Å²) in [5, 5.41) is 24.7. The number of nitrogens with zero attached hydrogens (tertiary/aromatic N) is 2. The van der Waals surface area contributed by atoms with Crippen LogP contribution in [0.3, 0.4) is 0 Å². The zero-order chi connectivity index (χ0) is 66.6. The Labute approximate surface area is 504 Å². The third kappa shape index (κ3) is 12.5. The highest BCUT2D eigenvalue weighted by atomic mass is 35.5. The minimum Gasteiger partial charge on any atom is -0.399 e. The average molecular weight is 1310 g/mol. The van der Waals surface area contributed by atoms with E-state index in [-0.39, 0.29) is 51.4 Å². The second-order valence-electron chi connectivity index (χ2n) is 22.6. The molecule has 5 aliphatic rings. The van der Waals surface area contributed by atoms with E-state index in [2.05, 4.69) is 39.5 Å². The highest BCUT2D eigenvalue weighted by Crippen LogP contribution is 2.55. The number of nitrogens with one attached hydrogen (secondary N) is 2. The number of benzene rings is 4. The standard InChI is InChI=1S/C26H18F8N2O4.C17H13ClF2N2O3.C15H17BF6O3/c1-13-2-9-19(35-20(13)14-3-5-15(6-4-14)23(38,24(27,28)29)25(30,31)32)36-21(37)22(10-11-22)16-7-8-17-18(12-16)40-26(33,34)39-17;1-9-2-5-13(21-14(9)18)22-15(23)16(6-7-16)10-3-4-11-12(8-10)25-17(19,20)24-11;1-11(2)12(3,4)25-16(24-11)10-7-5-9(6-8-10)13(23,14(17,18)19)15(20,21)22/h2-9,12,38H,10-11H2,1H3,(H,35,36,37);2-5,8H,6-7H2,1H3,(H,21,22,23);5-8,23H,1-4H3. The Kier molecular flexibility index (Phi) is 16.6. The van der Waals surface area contributed by atoms with E-state index in [1.165, 1.54) is 42.5 Å². The summed E-state index contributed by atoms with van der Waals surface area (Å²) in [5.41, 5.74) is -13.2. The summed E-state index contributed by atoms with van der Waals surface area (Å²) in [6, 6.07) is 20.9. The van der Waals surface area contributed by atoms with Gasteiger partial charge in [-0.2, -0.15) is 52.7 Å². The number of alkyl halides is 16. The van der Waals surface area contributed by atoms with Crippen LogP contribution in [0.5, 0.6) is 23.0 Å². The van der Waals surface area contributed by atoms with Crippen molar-refractivity contribution in [1.29, 1.82) is 0 Å². The second kappa shape index (κ2) is 22.4. The van der Waals surface area contributed by atoms with E-state index in [0.717, 1.165) is 29.8 Å². The minimum atomic E-state index is -6.03. The van der Waals surface area contributed by atoms with Crippen molar-refractivity contribution < 1.29 is 118 Å². The van der Waals surface area contributed by atoms with Crippen molar-refractivity contribution >= 4 is 47.6 Å². The molecular weight excluding hydrogens is 1260 g/mol. The van der Waals surface area contributed by atoms with E-state index in [0.29, 0.717) is 77.6 Å². The smallest absolute Gasteiger partial charge is 0.399 e. The first-order valence-electron chi connectivity index (χ1n) is 26.6. The number of aliphatic hydroxyl groups is 2. The zero-order valence-corrected chi connectivity index (χ0v) is 48.0. The van der Waals surface area contributed by atoms with Gasteiger partial charge in [-0.25, -0.2) is 9.97 Å².